The van der Waals surface area contributed by atoms with Gasteiger partial charge in [-0.1, -0.05) is 68.8 Å². The molecule has 0 bridgehead atoms. The van der Waals surface area contributed by atoms with E-state index in [1.54, 1.807) is 11.8 Å². The Morgan fingerprint density at radius 2 is 1.71 bits per heavy atom. The minimum absolute atomic E-state index is 0.0609. The molecule has 3 atom stereocenters. The molecule has 1 fully saturated rings. The lowest BCUT2D eigenvalue weighted by molar-refractivity contribution is -0.149. The highest BCUT2D eigenvalue weighted by atomic mass is 16.5. The number of alkyl carbamates (subject to hydrolysis) is 1. The molecule has 0 aromatic heterocycles. The third-order valence-electron chi connectivity index (χ3n) is 7.41. The van der Waals surface area contributed by atoms with E-state index in [1.165, 1.54) is 0 Å². The molecule has 2 N–H and O–H groups in total. The average Bonchev–Trinajstić information content (AvgIpc) is 3.32. The fourth-order valence-electron chi connectivity index (χ4n) is 5.14. The van der Waals surface area contributed by atoms with Gasteiger partial charge < -0.3 is 20.1 Å². The van der Waals surface area contributed by atoms with Crippen LogP contribution >= 0.6 is 0 Å². The molecule has 2 aliphatic rings. The van der Waals surface area contributed by atoms with Crippen molar-refractivity contribution in [2.75, 3.05) is 19.7 Å². The maximum atomic E-state index is 13.2. The fraction of sp³-hybridized carbons (Fsp3) is 0.444. The van der Waals surface area contributed by atoms with Gasteiger partial charge in [-0.3, -0.25) is 9.59 Å². The summed E-state index contributed by atoms with van der Waals surface area (Å²) >= 11 is 0. The molecular formula is C27H32N2O5. The summed E-state index contributed by atoms with van der Waals surface area (Å²) in [4.78, 5) is 39.2. The highest BCUT2D eigenvalue weighted by Gasteiger charge is 2.48. The number of rotatable bonds is 7. The number of benzene rings is 2. The van der Waals surface area contributed by atoms with Gasteiger partial charge in [0.05, 0.1) is 5.41 Å². The van der Waals surface area contributed by atoms with E-state index in [1.807, 2.05) is 38.1 Å². The van der Waals surface area contributed by atoms with Crippen molar-refractivity contribution in [1.82, 2.24) is 10.2 Å². The van der Waals surface area contributed by atoms with Crippen molar-refractivity contribution < 1.29 is 24.2 Å². The summed E-state index contributed by atoms with van der Waals surface area (Å²) in [6, 6.07) is 15.5. The number of hydrogen-bond acceptors (Lipinski definition) is 4. The molecule has 1 heterocycles. The minimum atomic E-state index is -0.990. The lowest BCUT2D eigenvalue weighted by Gasteiger charge is -2.25. The molecule has 34 heavy (non-hydrogen) atoms. The fourth-order valence-corrected chi connectivity index (χ4v) is 5.14. The number of likely N-dealkylation sites (tertiary alicyclic amines) is 1. The topological polar surface area (TPSA) is 95.9 Å². The quantitative estimate of drug-likeness (QED) is 0.638. The molecule has 1 aliphatic carbocycles. The van der Waals surface area contributed by atoms with Crippen LogP contribution in [0.3, 0.4) is 0 Å². The Kier molecular flexibility index (Phi) is 6.64. The summed E-state index contributed by atoms with van der Waals surface area (Å²) in [7, 11) is 0. The molecule has 3 unspecified atom stereocenters. The van der Waals surface area contributed by atoms with E-state index in [0.717, 1.165) is 22.3 Å². The second-order valence-corrected chi connectivity index (χ2v) is 9.65. The first-order chi connectivity index (χ1) is 16.3. The zero-order valence-corrected chi connectivity index (χ0v) is 19.9. The average molecular weight is 465 g/mol. The maximum absolute atomic E-state index is 13.2. The molecular weight excluding hydrogens is 432 g/mol. The van der Waals surface area contributed by atoms with Crippen LogP contribution in [0.25, 0.3) is 11.1 Å². The molecule has 2 amide bonds. The normalized spacial score (nSPS) is 22.1. The monoisotopic (exact) mass is 464 g/mol. The highest BCUT2D eigenvalue weighted by molar-refractivity contribution is 5.87. The van der Waals surface area contributed by atoms with E-state index in [2.05, 4.69) is 29.6 Å². The van der Waals surface area contributed by atoms with Crippen LogP contribution in [0.15, 0.2) is 48.5 Å². The van der Waals surface area contributed by atoms with Crippen LogP contribution in [-0.4, -0.2) is 53.7 Å². The summed E-state index contributed by atoms with van der Waals surface area (Å²) in [5, 5.41) is 12.4. The number of fused-ring (bicyclic) bond motifs is 3. The Morgan fingerprint density at radius 3 is 2.24 bits per heavy atom. The highest BCUT2D eigenvalue weighted by Crippen LogP contribution is 2.44. The Balaban J connectivity index is 1.41. The van der Waals surface area contributed by atoms with Gasteiger partial charge in [0.1, 0.15) is 12.6 Å². The maximum Gasteiger partial charge on any atom is 0.407 e. The van der Waals surface area contributed by atoms with Gasteiger partial charge >= 0.3 is 12.1 Å². The Hall–Kier alpha value is -3.35. The molecule has 1 aliphatic heterocycles. The van der Waals surface area contributed by atoms with Gasteiger partial charge in [0.25, 0.3) is 0 Å². The van der Waals surface area contributed by atoms with Gasteiger partial charge in [0.2, 0.25) is 5.91 Å². The summed E-state index contributed by atoms with van der Waals surface area (Å²) < 4.78 is 5.61. The third-order valence-corrected chi connectivity index (χ3v) is 7.41. The van der Waals surface area contributed by atoms with Gasteiger partial charge in [0.15, 0.2) is 0 Å². The zero-order chi connectivity index (χ0) is 24.5. The first-order valence-corrected chi connectivity index (χ1v) is 11.9. The predicted octanol–water partition coefficient (Wildman–Crippen LogP) is 4.26. The standard InChI is InChI=1S/C27H32N2O5/c1-4-9-23(24(30)29-14-17(2)27(3,16-29)25(31)32)28-26(33)34-15-22-20-12-7-5-10-18(20)19-11-6-8-13-21(19)22/h5-8,10-13,17,22-23H,4,9,14-16H2,1-3H3,(H,28,33)(H,31,32). The van der Waals surface area contributed by atoms with Gasteiger partial charge in [-0.25, -0.2) is 4.79 Å². The van der Waals surface area contributed by atoms with E-state index >= 15 is 0 Å². The summed E-state index contributed by atoms with van der Waals surface area (Å²) in [6.45, 7) is 6.11. The van der Waals surface area contributed by atoms with Crippen molar-refractivity contribution in [2.45, 2.75) is 45.6 Å². The van der Waals surface area contributed by atoms with Gasteiger partial charge in [-0.15, -0.1) is 0 Å². The second-order valence-electron chi connectivity index (χ2n) is 9.65. The minimum Gasteiger partial charge on any atom is -0.481 e. The smallest absolute Gasteiger partial charge is 0.407 e. The number of nitrogens with one attached hydrogen (secondary N) is 1. The number of nitrogens with zero attached hydrogens (tertiary/aromatic N) is 1. The van der Waals surface area contributed by atoms with Crippen molar-refractivity contribution in [2.24, 2.45) is 11.3 Å². The van der Waals surface area contributed by atoms with Crippen molar-refractivity contribution in [3.63, 3.8) is 0 Å². The van der Waals surface area contributed by atoms with Crippen LogP contribution in [-0.2, 0) is 14.3 Å². The number of carbonyl (C=O) groups is 3. The molecule has 0 saturated carbocycles. The van der Waals surface area contributed by atoms with Crippen molar-refractivity contribution in [1.29, 1.82) is 0 Å². The number of carbonyl (C=O) groups excluding carboxylic acids is 2. The number of carboxylic acids is 1. The Bertz CT molecular complexity index is 1050. The molecule has 0 radical (unpaired) electrons. The molecule has 1 saturated heterocycles. The van der Waals surface area contributed by atoms with Crippen molar-refractivity contribution in [3.8, 4) is 11.1 Å². The lowest BCUT2D eigenvalue weighted by Crippen LogP contribution is -2.49. The first kappa shape index (κ1) is 23.8. The van der Waals surface area contributed by atoms with Crippen LogP contribution in [0.4, 0.5) is 4.79 Å². The molecule has 2 aromatic rings. The number of amides is 2. The molecule has 7 nitrogen and oxygen atoms in total. The molecule has 180 valence electrons. The number of ether oxygens (including phenoxy) is 1. The van der Waals surface area contributed by atoms with E-state index < -0.39 is 23.5 Å². The molecule has 2 aromatic carbocycles. The number of hydrogen-bond donors (Lipinski definition) is 2. The second kappa shape index (κ2) is 9.49. The first-order valence-electron chi connectivity index (χ1n) is 11.9. The van der Waals surface area contributed by atoms with E-state index in [0.29, 0.717) is 19.4 Å². The molecule has 7 heteroatoms. The SMILES string of the molecule is CCCC(NC(=O)OCC1c2ccccc2-c2ccccc21)C(=O)N1CC(C)C(C)(C(=O)O)C1. The van der Waals surface area contributed by atoms with E-state index in [-0.39, 0.29) is 30.9 Å². The van der Waals surface area contributed by atoms with E-state index in [4.69, 9.17) is 4.74 Å². The molecule has 4 rings (SSSR count). The number of carboxylic acid groups (broad SMARTS) is 1. The van der Waals surface area contributed by atoms with Crippen LogP contribution in [0, 0.1) is 11.3 Å². The van der Waals surface area contributed by atoms with Crippen molar-refractivity contribution >= 4 is 18.0 Å². The Morgan fingerprint density at radius 1 is 1.12 bits per heavy atom. The Labute approximate surface area is 200 Å². The zero-order valence-electron chi connectivity index (χ0n) is 19.9. The summed E-state index contributed by atoms with van der Waals surface area (Å²) in [5.41, 5.74) is 3.55. The summed E-state index contributed by atoms with van der Waals surface area (Å²) in [5.74, 6) is -1.40. The molecule has 0 spiro atoms. The number of aliphatic carboxylic acids is 1. The van der Waals surface area contributed by atoms with Crippen LogP contribution < -0.4 is 5.32 Å². The van der Waals surface area contributed by atoms with Gasteiger partial charge in [-0.2, -0.15) is 0 Å². The van der Waals surface area contributed by atoms with Crippen LogP contribution in [0.5, 0.6) is 0 Å². The van der Waals surface area contributed by atoms with E-state index in [9.17, 15) is 19.5 Å². The van der Waals surface area contributed by atoms with Gasteiger partial charge in [-0.05, 0) is 41.5 Å². The largest absolute Gasteiger partial charge is 0.481 e. The third kappa shape index (κ3) is 4.27. The predicted molar refractivity (Wildman–Crippen MR) is 128 cm³/mol. The van der Waals surface area contributed by atoms with Crippen molar-refractivity contribution in [3.05, 3.63) is 59.7 Å². The van der Waals surface area contributed by atoms with Crippen LogP contribution in [0.1, 0.15) is 50.7 Å². The lowest BCUT2D eigenvalue weighted by atomic mass is 9.81. The van der Waals surface area contributed by atoms with Gasteiger partial charge in [0, 0.05) is 19.0 Å². The summed E-state index contributed by atoms with van der Waals surface area (Å²) in [6.07, 6.45) is 0.513. The van der Waals surface area contributed by atoms with Crippen LogP contribution in [0.2, 0.25) is 0 Å².